The number of hydrogen-bond acceptors (Lipinski definition) is 1. The number of fused-ring (bicyclic) bond motifs is 1. The molecule has 1 aromatic heterocycles. The Bertz CT molecular complexity index is 946. The molecule has 0 N–H and O–H groups in total. The first-order chi connectivity index (χ1) is 10.9. The maximum Gasteiger partial charge on any atom is 0.251 e. The quantitative estimate of drug-likeness (QED) is 0.686. The summed E-state index contributed by atoms with van der Waals surface area (Å²) in [6.07, 6.45) is 0. The maximum absolute atomic E-state index is 13.5. The van der Waals surface area contributed by atoms with Gasteiger partial charge in [-0.1, -0.05) is 12.1 Å². The molecule has 3 heteroatoms. The van der Waals surface area contributed by atoms with Crippen molar-refractivity contribution in [3.63, 3.8) is 0 Å². The molecule has 0 radical (unpaired) electrons. The predicted octanol–water partition coefficient (Wildman–Crippen LogP) is 4.42. The number of hydrogen-bond donors (Lipinski definition) is 0. The molecule has 0 aliphatic heterocycles. The molecule has 0 aliphatic carbocycles. The lowest BCUT2D eigenvalue weighted by atomic mass is 10.0. The van der Waals surface area contributed by atoms with Gasteiger partial charge in [0.2, 0.25) is 0 Å². The van der Waals surface area contributed by atoms with Gasteiger partial charge in [-0.3, -0.25) is 4.79 Å². The van der Waals surface area contributed by atoms with Gasteiger partial charge in [0.1, 0.15) is 5.82 Å². The molecule has 0 bridgehead atoms. The van der Waals surface area contributed by atoms with E-state index >= 15 is 0 Å². The molecule has 0 fully saturated rings. The Balaban J connectivity index is 2.19. The van der Waals surface area contributed by atoms with E-state index in [1.54, 1.807) is 16.7 Å². The minimum atomic E-state index is -0.284. The Hall–Kier alpha value is -2.42. The summed E-state index contributed by atoms with van der Waals surface area (Å²) in [6, 6.07) is 10.4. The number of aromatic nitrogens is 1. The fraction of sp³-hybridized carbons (Fsp3) is 0.250. The molecule has 3 rings (SSSR count). The van der Waals surface area contributed by atoms with E-state index in [-0.39, 0.29) is 11.4 Å². The monoisotopic (exact) mass is 309 g/mol. The van der Waals surface area contributed by atoms with Crippen LogP contribution in [-0.2, 0) is 6.54 Å². The summed E-state index contributed by atoms with van der Waals surface area (Å²) in [5.41, 5.74) is 6.31. The fourth-order valence-electron chi connectivity index (χ4n) is 3.08. The van der Waals surface area contributed by atoms with E-state index in [9.17, 15) is 9.18 Å². The van der Waals surface area contributed by atoms with Crippen molar-refractivity contribution in [1.29, 1.82) is 0 Å². The molecule has 1 heterocycles. The molecule has 0 spiro atoms. The van der Waals surface area contributed by atoms with Crippen LogP contribution in [-0.4, -0.2) is 4.57 Å². The molecule has 0 saturated carbocycles. The third-order valence-electron chi connectivity index (χ3n) is 4.61. The van der Waals surface area contributed by atoms with Crippen molar-refractivity contribution in [3.05, 3.63) is 80.4 Å². The topological polar surface area (TPSA) is 22.0 Å². The van der Waals surface area contributed by atoms with Crippen LogP contribution in [0.3, 0.4) is 0 Å². The molecule has 0 unspecified atom stereocenters. The summed E-state index contributed by atoms with van der Waals surface area (Å²) >= 11 is 0. The Morgan fingerprint density at radius 2 is 1.57 bits per heavy atom. The van der Waals surface area contributed by atoms with E-state index < -0.39 is 0 Å². The van der Waals surface area contributed by atoms with Crippen molar-refractivity contribution < 1.29 is 4.39 Å². The van der Waals surface area contributed by atoms with Crippen molar-refractivity contribution in [2.75, 3.05) is 0 Å². The molecule has 0 aliphatic rings. The average molecular weight is 309 g/mol. The Kier molecular flexibility index (Phi) is 3.80. The van der Waals surface area contributed by atoms with Crippen molar-refractivity contribution in [1.82, 2.24) is 4.57 Å². The van der Waals surface area contributed by atoms with Crippen LogP contribution >= 0.6 is 0 Å². The van der Waals surface area contributed by atoms with Crippen LogP contribution in [0, 0.1) is 33.5 Å². The van der Waals surface area contributed by atoms with E-state index in [2.05, 4.69) is 32.9 Å². The predicted molar refractivity (Wildman–Crippen MR) is 92.7 cm³/mol. The van der Waals surface area contributed by atoms with Crippen LogP contribution in [0.2, 0.25) is 0 Å². The molecule has 2 aromatic carbocycles. The normalized spacial score (nSPS) is 11.2. The van der Waals surface area contributed by atoms with Crippen molar-refractivity contribution in [2.45, 2.75) is 34.2 Å². The standard InChI is InChI=1S/C20H20FNO/c1-12-7-16(8-13(2)15(12)4)11-22-19-6-5-17(21)10-18(19)14(3)9-20(22)23/h5-10H,11H2,1-4H3. The third-order valence-corrected chi connectivity index (χ3v) is 4.61. The van der Waals surface area contributed by atoms with Crippen molar-refractivity contribution >= 4 is 10.9 Å². The first-order valence-electron chi connectivity index (χ1n) is 7.73. The summed E-state index contributed by atoms with van der Waals surface area (Å²) in [6.45, 7) is 8.59. The molecule has 0 saturated heterocycles. The SMILES string of the molecule is Cc1cc(Cn2c(=O)cc(C)c3cc(F)ccc32)cc(C)c1C. The van der Waals surface area contributed by atoms with Gasteiger partial charge in [0.05, 0.1) is 12.1 Å². The molecule has 23 heavy (non-hydrogen) atoms. The lowest BCUT2D eigenvalue weighted by molar-refractivity contribution is 0.629. The van der Waals surface area contributed by atoms with Crippen molar-refractivity contribution in [2.24, 2.45) is 0 Å². The van der Waals surface area contributed by atoms with Gasteiger partial charge in [-0.15, -0.1) is 0 Å². The third kappa shape index (κ3) is 2.79. The lowest BCUT2D eigenvalue weighted by Crippen LogP contribution is -2.21. The number of nitrogens with zero attached hydrogens (tertiary/aromatic N) is 1. The van der Waals surface area contributed by atoms with Gasteiger partial charge in [-0.05, 0) is 73.7 Å². The van der Waals surface area contributed by atoms with E-state index in [4.69, 9.17) is 0 Å². The zero-order valence-electron chi connectivity index (χ0n) is 13.9. The fourth-order valence-corrected chi connectivity index (χ4v) is 3.08. The highest BCUT2D eigenvalue weighted by molar-refractivity contribution is 5.82. The summed E-state index contributed by atoms with van der Waals surface area (Å²) in [5, 5.41) is 0.783. The van der Waals surface area contributed by atoms with Gasteiger partial charge in [0.15, 0.2) is 0 Å². The van der Waals surface area contributed by atoms with Crippen LogP contribution in [0.25, 0.3) is 10.9 Å². The minimum absolute atomic E-state index is 0.0579. The number of pyridine rings is 1. The Morgan fingerprint density at radius 3 is 2.22 bits per heavy atom. The van der Waals surface area contributed by atoms with Gasteiger partial charge < -0.3 is 4.57 Å². The molecule has 2 nitrogen and oxygen atoms in total. The van der Waals surface area contributed by atoms with Crippen LogP contribution in [0.5, 0.6) is 0 Å². The summed E-state index contributed by atoms with van der Waals surface area (Å²) in [5.74, 6) is -0.284. The largest absolute Gasteiger partial charge is 0.304 e. The van der Waals surface area contributed by atoms with Crippen LogP contribution in [0.15, 0.2) is 41.2 Å². The van der Waals surface area contributed by atoms with E-state index in [1.807, 2.05) is 6.92 Å². The molecule has 118 valence electrons. The second kappa shape index (κ2) is 5.65. The number of halogens is 1. The maximum atomic E-state index is 13.5. The summed E-state index contributed by atoms with van der Waals surface area (Å²) < 4.78 is 15.3. The highest BCUT2D eigenvalue weighted by atomic mass is 19.1. The van der Waals surface area contributed by atoms with Gasteiger partial charge in [-0.25, -0.2) is 4.39 Å². The van der Waals surface area contributed by atoms with E-state index in [0.717, 1.165) is 22.0 Å². The van der Waals surface area contributed by atoms with Crippen LogP contribution < -0.4 is 5.56 Å². The second-order valence-electron chi connectivity index (χ2n) is 6.27. The molecule has 3 aromatic rings. The molecular weight excluding hydrogens is 289 g/mol. The number of rotatable bonds is 2. The zero-order valence-corrected chi connectivity index (χ0v) is 13.9. The average Bonchev–Trinajstić information content (AvgIpc) is 2.49. The zero-order chi connectivity index (χ0) is 16.7. The molecule has 0 amide bonds. The number of benzene rings is 2. The number of aryl methyl sites for hydroxylation is 3. The van der Waals surface area contributed by atoms with Gasteiger partial charge in [-0.2, -0.15) is 0 Å². The first kappa shape index (κ1) is 15.5. The lowest BCUT2D eigenvalue weighted by Gasteiger charge is -2.14. The Morgan fingerprint density at radius 1 is 0.913 bits per heavy atom. The molecular formula is C20H20FNO. The van der Waals surface area contributed by atoms with E-state index in [1.165, 1.54) is 28.8 Å². The minimum Gasteiger partial charge on any atom is -0.304 e. The summed E-state index contributed by atoms with van der Waals surface area (Å²) in [4.78, 5) is 12.4. The van der Waals surface area contributed by atoms with Gasteiger partial charge in [0, 0.05) is 11.5 Å². The summed E-state index contributed by atoms with van der Waals surface area (Å²) in [7, 11) is 0. The Labute approximate surface area is 135 Å². The molecule has 0 atom stereocenters. The second-order valence-corrected chi connectivity index (χ2v) is 6.27. The smallest absolute Gasteiger partial charge is 0.251 e. The van der Waals surface area contributed by atoms with Crippen LogP contribution in [0.1, 0.15) is 27.8 Å². The highest BCUT2D eigenvalue weighted by Crippen LogP contribution is 2.20. The van der Waals surface area contributed by atoms with Gasteiger partial charge in [0.25, 0.3) is 5.56 Å². The van der Waals surface area contributed by atoms with Crippen molar-refractivity contribution in [3.8, 4) is 0 Å². The highest BCUT2D eigenvalue weighted by Gasteiger charge is 2.09. The van der Waals surface area contributed by atoms with E-state index in [0.29, 0.717) is 6.54 Å². The first-order valence-corrected chi connectivity index (χ1v) is 7.73. The van der Waals surface area contributed by atoms with Gasteiger partial charge >= 0.3 is 0 Å². The van der Waals surface area contributed by atoms with Crippen LogP contribution in [0.4, 0.5) is 4.39 Å².